The van der Waals surface area contributed by atoms with Gasteiger partial charge in [0, 0.05) is 5.02 Å². The highest BCUT2D eigenvalue weighted by molar-refractivity contribution is 6.30. The lowest BCUT2D eigenvalue weighted by atomic mass is 9.96. The van der Waals surface area contributed by atoms with Gasteiger partial charge in [0.25, 0.3) is 0 Å². The van der Waals surface area contributed by atoms with Gasteiger partial charge >= 0.3 is 0 Å². The predicted octanol–water partition coefficient (Wildman–Crippen LogP) is 6.85. The topological polar surface area (TPSA) is 36.4 Å². The summed E-state index contributed by atoms with van der Waals surface area (Å²) in [5.41, 5.74) is 3.69. The third kappa shape index (κ3) is 7.92. The van der Waals surface area contributed by atoms with Crippen molar-refractivity contribution in [2.24, 2.45) is 4.99 Å². The second kappa shape index (κ2) is 14.2. The number of aliphatic imine (C=N–C) groups is 1. The Hall–Kier alpha value is -2.78. The van der Waals surface area contributed by atoms with Gasteiger partial charge in [0.15, 0.2) is 5.96 Å². The van der Waals surface area contributed by atoms with E-state index in [9.17, 15) is 0 Å². The van der Waals surface area contributed by atoms with Crippen molar-refractivity contribution < 1.29 is 0 Å². The number of nitrogens with zero attached hydrogens (tertiary/aromatic N) is 1. The molecule has 3 nitrogen and oxygen atoms in total. The van der Waals surface area contributed by atoms with Crippen LogP contribution < -0.4 is 10.6 Å². The normalized spacial score (nSPS) is 18.7. The van der Waals surface area contributed by atoms with Crippen LogP contribution in [0.15, 0.2) is 96.5 Å². The van der Waals surface area contributed by atoms with Gasteiger partial charge in [-0.05, 0) is 37.1 Å². The Labute approximate surface area is 187 Å². The highest BCUT2D eigenvalue weighted by atomic mass is 35.5. The molecule has 1 aliphatic rings. The number of benzene rings is 2. The molecule has 2 N–H and O–H groups in total. The first-order valence-corrected chi connectivity index (χ1v) is 10.7. The highest BCUT2D eigenvalue weighted by Gasteiger charge is 2.32. The Morgan fingerprint density at radius 1 is 1.00 bits per heavy atom. The summed E-state index contributed by atoms with van der Waals surface area (Å²) in [6.45, 7) is 15.6. The van der Waals surface area contributed by atoms with Crippen molar-refractivity contribution in [3.63, 3.8) is 0 Å². The van der Waals surface area contributed by atoms with Gasteiger partial charge in [-0.15, -0.1) is 0 Å². The summed E-state index contributed by atoms with van der Waals surface area (Å²) in [5.74, 6) is 0.838. The van der Waals surface area contributed by atoms with E-state index < -0.39 is 0 Å². The summed E-state index contributed by atoms with van der Waals surface area (Å²) in [6.07, 6.45) is 5.43. The fraction of sp³-hybridized carbons (Fsp3) is 0.269. The molecule has 0 bridgehead atoms. The molecule has 1 saturated heterocycles. The zero-order valence-electron chi connectivity index (χ0n) is 18.5. The van der Waals surface area contributed by atoms with Gasteiger partial charge in [-0.2, -0.15) is 0 Å². The van der Waals surface area contributed by atoms with Gasteiger partial charge in [0.1, 0.15) is 0 Å². The first kappa shape index (κ1) is 25.3. The van der Waals surface area contributed by atoms with Crippen molar-refractivity contribution in [2.75, 3.05) is 0 Å². The molecule has 3 rings (SSSR count). The number of guanidine groups is 1. The summed E-state index contributed by atoms with van der Waals surface area (Å²) in [5, 5.41) is 7.79. The van der Waals surface area contributed by atoms with E-state index in [1.54, 1.807) is 12.2 Å². The number of rotatable bonds is 5. The zero-order valence-corrected chi connectivity index (χ0v) is 19.3. The molecular formula is C26H34ClN3. The number of allylic oxidation sites excluding steroid dienone is 3. The molecular weight excluding hydrogens is 390 g/mol. The Bertz CT molecular complexity index is 817. The molecule has 2 aromatic carbocycles. The SMILES string of the molecule is C/C=C(\C)[C@H]1NC(=NCc2ccc(Cl)cc2)N[C@H]1c1ccccc1.C=CC=C.CC. The van der Waals surface area contributed by atoms with E-state index >= 15 is 0 Å². The van der Waals surface area contributed by atoms with Crippen LogP contribution in [0.3, 0.4) is 0 Å². The smallest absolute Gasteiger partial charge is 0.192 e. The van der Waals surface area contributed by atoms with Gasteiger partial charge in [-0.25, -0.2) is 4.99 Å². The van der Waals surface area contributed by atoms with Crippen LogP contribution in [0.5, 0.6) is 0 Å². The minimum atomic E-state index is 0.186. The number of halogens is 1. The average molecular weight is 424 g/mol. The lowest BCUT2D eigenvalue weighted by molar-refractivity contribution is 0.588. The van der Waals surface area contributed by atoms with E-state index in [1.165, 1.54) is 11.1 Å². The van der Waals surface area contributed by atoms with Gasteiger partial charge in [-0.3, -0.25) is 0 Å². The van der Waals surface area contributed by atoms with E-state index in [0.29, 0.717) is 6.54 Å². The molecule has 2 atom stereocenters. The third-order valence-corrected chi connectivity index (χ3v) is 4.77. The summed E-state index contributed by atoms with van der Waals surface area (Å²) in [6, 6.07) is 18.7. The van der Waals surface area contributed by atoms with Crippen molar-refractivity contribution >= 4 is 17.6 Å². The van der Waals surface area contributed by atoms with E-state index in [0.717, 1.165) is 16.5 Å². The van der Waals surface area contributed by atoms with Crippen LogP contribution in [-0.2, 0) is 6.54 Å². The largest absolute Gasteiger partial charge is 0.347 e. The molecule has 0 aromatic heterocycles. The second-order valence-electron chi connectivity index (χ2n) is 6.45. The number of hydrogen-bond donors (Lipinski definition) is 2. The summed E-state index contributed by atoms with van der Waals surface area (Å²) < 4.78 is 0. The van der Waals surface area contributed by atoms with Crippen LogP contribution in [0.2, 0.25) is 5.02 Å². The fourth-order valence-electron chi connectivity index (χ4n) is 2.85. The molecule has 0 unspecified atom stereocenters. The van der Waals surface area contributed by atoms with Gasteiger partial charge in [0.05, 0.1) is 18.6 Å². The van der Waals surface area contributed by atoms with Gasteiger partial charge < -0.3 is 10.6 Å². The Morgan fingerprint density at radius 2 is 1.60 bits per heavy atom. The van der Waals surface area contributed by atoms with Crippen LogP contribution in [0.1, 0.15) is 44.9 Å². The Morgan fingerprint density at radius 3 is 2.13 bits per heavy atom. The number of nitrogens with one attached hydrogen (secondary N) is 2. The molecule has 1 heterocycles. The van der Waals surface area contributed by atoms with E-state index in [4.69, 9.17) is 11.6 Å². The van der Waals surface area contributed by atoms with Crippen LogP contribution in [0, 0.1) is 0 Å². The lowest BCUT2D eigenvalue weighted by Crippen LogP contribution is -2.29. The minimum absolute atomic E-state index is 0.186. The maximum absolute atomic E-state index is 5.93. The molecule has 30 heavy (non-hydrogen) atoms. The van der Waals surface area contributed by atoms with Crippen LogP contribution in [0.4, 0.5) is 0 Å². The molecule has 1 aliphatic heterocycles. The molecule has 1 fully saturated rings. The van der Waals surface area contributed by atoms with E-state index in [2.05, 4.69) is 73.0 Å². The molecule has 0 aliphatic carbocycles. The van der Waals surface area contributed by atoms with E-state index in [-0.39, 0.29) is 12.1 Å². The first-order chi connectivity index (χ1) is 14.6. The summed E-state index contributed by atoms with van der Waals surface area (Å²) in [4.78, 5) is 4.69. The molecule has 0 spiro atoms. The molecule has 0 saturated carbocycles. The van der Waals surface area contributed by atoms with Crippen LogP contribution in [0.25, 0.3) is 0 Å². The third-order valence-electron chi connectivity index (χ3n) is 4.52. The second-order valence-corrected chi connectivity index (χ2v) is 6.89. The van der Waals surface area contributed by atoms with Crippen LogP contribution in [-0.4, -0.2) is 12.0 Å². The Balaban J connectivity index is 0.000000673. The van der Waals surface area contributed by atoms with Crippen LogP contribution >= 0.6 is 11.6 Å². The lowest BCUT2D eigenvalue weighted by Gasteiger charge is -2.19. The first-order valence-electron chi connectivity index (χ1n) is 10.3. The van der Waals surface area contributed by atoms with Crippen molar-refractivity contribution in [3.05, 3.63) is 108 Å². The van der Waals surface area contributed by atoms with Crippen molar-refractivity contribution in [2.45, 2.75) is 46.3 Å². The molecule has 4 heteroatoms. The predicted molar refractivity (Wildman–Crippen MR) is 133 cm³/mol. The van der Waals surface area contributed by atoms with Crippen molar-refractivity contribution in [1.82, 2.24) is 10.6 Å². The molecule has 160 valence electrons. The van der Waals surface area contributed by atoms with Gasteiger partial charge in [-0.1, -0.05) is 105 Å². The van der Waals surface area contributed by atoms with Crippen molar-refractivity contribution in [1.29, 1.82) is 0 Å². The maximum atomic E-state index is 5.93. The highest BCUT2D eigenvalue weighted by Crippen LogP contribution is 2.25. The minimum Gasteiger partial charge on any atom is -0.347 e. The summed E-state index contributed by atoms with van der Waals surface area (Å²) >= 11 is 5.93. The monoisotopic (exact) mass is 423 g/mol. The maximum Gasteiger partial charge on any atom is 0.192 e. The zero-order chi connectivity index (χ0) is 22.4. The fourth-order valence-corrected chi connectivity index (χ4v) is 2.97. The molecule has 2 aromatic rings. The van der Waals surface area contributed by atoms with Crippen molar-refractivity contribution in [3.8, 4) is 0 Å². The Kier molecular flexibility index (Phi) is 12.0. The standard InChI is InChI=1S/C20H22ClN3.C4H6.C2H6/c1-3-14(2)18-19(16-7-5-4-6-8-16)24-20(23-18)22-13-15-9-11-17(21)12-10-15;1-3-4-2;1-2/h3-12,18-19H,13H2,1-2H3,(H2,22,23,24);3-4H,1-2H2;1-2H3/b14-3+;;/t18-,19+;;/m1../s1. The average Bonchev–Trinajstić information content (AvgIpc) is 3.24. The molecule has 0 radical (unpaired) electrons. The summed E-state index contributed by atoms with van der Waals surface area (Å²) in [7, 11) is 0. The van der Waals surface area contributed by atoms with Gasteiger partial charge in [0.2, 0.25) is 0 Å². The molecule has 0 amide bonds. The quantitative estimate of drug-likeness (QED) is 0.407. The van der Waals surface area contributed by atoms with E-state index in [1.807, 2.05) is 44.2 Å². The number of hydrogen-bond acceptors (Lipinski definition) is 1.